The van der Waals surface area contributed by atoms with Crippen molar-refractivity contribution >= 4 is 18.1 Å². The molecule has 0 heterocycles. The molecular formula is C18H24ClFN2O2. The maximum Gasteiger partial charge on any atom is 0.125 e. The van der Waals surface area contributed by atoms with Crippen molar-refractivity contribution in [2.75, 3.05) is 32.6 Å². The van der Waals surface area contributed by atoms with E-state index >= 15 is 0 Å². The number of nitrogens with one attached hydrogen (secondary N) is 1. The molecule has 0 aliphatic heterocycles. The fourth-order valence-electron chi connectivity index (χ4n) is 2.68. The molecule has 2 N–H and O–H groups in total. The van der Waals surface area contributed by atoms with E-state index in [1.165, 1.54) is 12.1 Å². The Morgan fingerprint density at radius 2 is 1.88 bits per heavy atom. The lowest BCUT2D eigenvalue weighted by molar-refractivity contribution is 0.142. The number of nitrogens with zero attached hydrogens (tertiary/aromatic N) is 1. The molecule has 0 spiro atoms. The number of aliphatic hydroxyl groups excluding tert-OH is 1. The molecule has 0 aliphatic carbocycles. The highest BCUT2D eigenvalue weighted by atomic mass is 35.5. The van der Waals surface area contributed by atoms with Crippen molar-refractivity contribution < 1.29 is 14.2 Å². The normalized spacial score (nSPS) is 12.9. The third-order valence-electron chi connectivity index (χ3n) is 3.87. The summed E-state index contributed by atoms with van der Waals surface area (Å²) in [6, 6.07) is 13.6. The Labute approximate surface area is 148 Å². The first kappa shape index (κ1) is 20.2. The molecule has 0 amide bonds. The third-order valence-corrected chi connectivity index (χ3v) is 3.87. The van der Waals surface area contributed by atoms with Crippen LogP contribution in [0.5, 0.6) is 5.75 Å². The van der Waals surface area contributed by atoms with Crippen molar-refractivity contribution in [3.05, 3.63) is 59.9 Å². The molecule has 0 fully saturated rings. The van der Waals surface area contributed by atoms with Gasteiger partial charge in [0.15, 0.2) is 0 Å². The molecule has 2 aromatic carbocycles. The monoisotopic (exact) mass is 354 g/mol. The third kappa shape index (κ3) is 4.84. The Hall–Kier alpha value is -1.82. The number of likely N-dealkylation sites (N-methyl/N-ethyl adjacent to an activating group) is 2. The van der Waals surface area contributed by atoms with Gasteiger partial charge in [-0.15, -0.1) is 12.4 Å². The molecule has 2 rings (SSSR count). The second-order valence-corrected chi connectivity index (χ2v) is 5.43. The largest absolute Gasteiger partial charge is 0.497 e. The first-order valence-electron chi connectivity index (χ1n) is 7.52. The Morgan fingerprint density at radius 1 is 1.21 bits per heavy atom. The van der Waals surface area contributed by atoms with Crippen LogP contribution >= 0.6 is 12.4 Å². The highest BCUT2D eigenvalue weighted by Crippen LogP contribution is 2.30. The van der Waals surface area contributed by atoms with E-state index in [0.29, 0.717) is 12.2 Å². The van der Waals surface area contributed by atoms with Gasteiger partial charge < -0.3 is 20.1 Å². The molecule has 0 radical (unpaired) electrons. The van der Waals surface area contributed by atoms with Gasteiger partial charge in [0, 0.05) is 19.3 Å². The van der Waals surface area contributed by atoms with E-state index in [2.05, 4.69) is 5.32 Å². The number of hydrogen-bond acceptors (Lipinski definition) is 4. The number of halogens is 2. The molecule has 0 bridgehead atoms. The standard InChI is InChI=1S/C18H23FN2O2.ClH/c1-20-12-17(22)18(13-7-9-16(23-3)10-8-13)21(2)15-6-4-5-14(19)11-15;/h4-11,17-18,20,22H,12H2,1-3H3;1H. The van der Waals surface area contributed by atoms with Crippen molar-refractivity contribution in [3.63, 3.8) is 0 Å². The maximum absolute atomic E-state index is 13.5. The number of aliphatic hydroxyl groups is 1. The van der Waals surface area contributed by atoms with E-state index < -0.39 is 6.10 Å². The molecule has 6 heteroatoms. The van der Waals surface area contributed by atoms with Crippen LogP contribution in [0.25, 0.3) is 0 Å². The van der Waals surface area contributed by atoms with Crippen molar-refractivity contribution in [2.24, 2.45) is 0 Å². The molecular weight excluding hydrogens is 331 g/mol. The zero-order valence-corrected chi connectivity index (χ0v) is 14.9. The van der Waals surface area contributed by atoms with Gasteiger partial charge in [0.05, 0.1) is 19.3 Å². The van der Waals surface area contributed by atoms with Gasteiger partial charge in [0.2, 0.25) is 0 Å². The summed E-state index contributed by atoms with van der Waals surface area (Å²) in [5, 5.41) is 13.5. The van der Waals surface area contributed by atoms with Crippen LogP contribution < -0.4 is 15.0 Å². The molecule has 4 nitrogen and oxygen atoms in total. The first-order valence-corrected chi connectivity index (χ1v) is 7.52. The van der Waals surface area contributed by atoms with Crippen molar-refractivity contribution in [1.29, 1.82) is 0 Å². The molecule has 0 aliphatic rings. The summed E-state index contributed by atoms with van der Waals surface area (Å²) >= 11 is 0. The Morgan fingerprint density at radius 3 is 2.42 bits per heavy atom. The highest BCUT2D eigenvalue weighted by molar-refractivity contribution is 5.85. The second kappa shape index (κ2) is 9.47. The van der Waals surface area contributed by atoms with Crippen LogP contribution in [-0.4, -0.2) is 39.0 Å². The lowest BCUT2D eigenvalue weighted by Crippen LogP contribution is -2.39. The van der Waals surface area contributed by atoms with Crippen molar-refractivity contribution in [3.8, 4) is 5.75 Å². The van der Waals surface area contributed by atoms with Gasteiger partial charge in [-0.25, -0.2) is 4.39 Å². The number of ether oxygens (including phenoxy) is 1. The topological polar surface area (TPSA) is 44.7 Å². The van der Waals surface area contributed by atoms with Crippen molar-refractivity contribution in [2.45, 2.75) is 12.1 Å². The Kier molecular flexibility index (Phi) is 7.98. The van der Waals surface area contributed by atoms with Gasteiger partial charge in [0.25, 0.3) is 0 Å². The molecule has 0 aromatic heterocycles. The SMILES string of the molecule is CNCC(O)C(c1ccc(OC)cc1)N(C)c1cccc(F)c1.Cl. The van der Waals surface area contributed by atoms with E-state index in [-0.39, 0.29) is 24.3 Å². The summed E-state index contributed by atoms with van der Waals surface area (Å²) in [5.74, 6) is 0.454. The van der Waals surface area contributed by atoms with Gasteiger partial charge >= 0.3 is 0 Å². The molecule has 2 unspecified atom stereocenters. The smallest absolute Gasteiger partial charge is 0.125 e. The molecule has 2 atom stereocenters. The predicted molar refractivity (Wildman–Crippen MR) is 97.7 cm³/mol. The van der Waals surface area contributed by atoms with E-state index in [1.54, 1.807) is 20.2 Å². The zero-order valence-electron chi connectivity index (χ0n) is 14.1. The fraction of sp³-hybridized carbons (Fsp3) is 0.333. The van der Waals surface area contributed by atoms with Crippen LogP contribution in [-0.2, 0) is 0 Å². The lowest BCUT2D eigenvalue weighted by Gasteiger charge is -2.34. The Bertz CT molecular complexity index is 625. The van der Waals surface area contributed by atoms with E-state index in [1.807, 2.05) is 42.3 Å². The summed E-state index contributed by atoms with van der Waals surface area (Å²) in [4.78, 5) is 1.88. The van der Waals surface area contributed by atoms with Crippen molar-refractivity contribution in [1.82, 2.24) is 5.32 Å². The van der Waals surface area contributed by atoms with Crippen LogP contribution in [0.1, 0.15) is 11.6 Å². The van der Waals surface area contributed by atoms with Crippen LogP contribution in [0.15, 0.2) is 48.5 Å². The summed E-state index contributed by atoms with van der Waals surface area (Å²) in [7, 11) is 5.25. The molecule has 0 saturated carbocycles. The molecule has 24 heavy (non-hydrogen) atoms. The summed E-state index contributed by atoms with van der Waals surface area (Å²) < 4.78 is 18.7. The summed E-state index contributed by atoms with van der Waals surface area (Å²) in [5.41, 5.74) is 1.64. The minimum atomic E-state index is -0.651. The second-order valence-electron chi connectivity index (χ2n) is 5.43. The minimum absolute atomic E-state index is 0. The Balaban J connectivity index is 0.00000288. The average molecular weight is 355 g/mol. The fourth-order valence-corrected chi connectivity index (χ4v) is 2.68. The number of hydrogen-bond donors (Lipinski definition) is 2. The summed E-state index contributed by atoms with van der Waals surface area (Å²) in [6.45, 7) is 0.427. The van der Waals surface area contributed by atoms with E-state index in [0.717, 1.165) is 11.3 Å². The number of rotatable bonds is 7. The van der Waals surface area contributed by atoms with Gasteiger partial charge in [0.1, 0.15) is 11.6 Å². The highest BCUT2D eigenvalue weighted by Gasteiger charge is 2.25. The van der Waals surface area contributed by atoms with Gasteiger partial charge in [-0.05, 0) is 42.9 Å². The number of methoxy groups -OCH3 is 1. The van der Waals surface area contributed by atoms with E-state index in [9.17, 15) is 9.50 Å². The zero-order chi connectivity index (χ0) is 16.8. The molecule has 2 aromatic rings. The average Bonchev–Trinajstić information content (AvgIpc) is 2.56. The quantitative estimate of drug-likeness (QED) is 0.802. The van der Waals surface area contributed by atoms with Crippen LogP contribution in [0.4, 0.5) is 10.1 Å². The lowest BCUT2D eigenvalue weighted by atomic mass is 9.99. The summed E-state index contributed by atoms with van der Waals surface area (Å²) in [6.07, 6.45) is -0.651. The molecule has 132 valence electrons. The van der Waals surface area contributed by atoms with Gasteiger partial charge in [-0.1, -0.05) is 18.2 Å². The van der Waals surface area contributed by atoms with Crippen LogP contribution in [0, 0.1) is 5.82 Å². The maximum atomic E-state index is 13.5. The number of anilines is 1. The minimum Gasteiger partial charge on any atom is -0.497 e. The van der Waals surface area contributed by atoms with Crippen LogP contribution in [0.2, 0.25) is 0 Å². The number of benzene rings is 2. The van der Waals surface area contributed by atoms with Gasteiger partial charge in [-0.2, -0.15) is 0 Å². The van der Waals surface area contributed by atoms with Crippen LogP contribution in [0.3, 0.4) is 0 Å². The first-order chi connectivity index (χ1) is 11.1. The predicted octanol–water partition coefficient (Wildman–Crippen LogP) is 3.01. The molecule has 0 saturated heterocycles. The van der Waals surface area contributed by atoms with Gasteiger partial charge in [-0.3, -0.25) is 0 Å². The van der Waals surface area contributed by atoms with E-state index in [4.69, 9.17) is 4.74 Å².